The molecule has 1 amide bonds. The van der Waals surface area contributed by atoms with Crippen LogP contribution >= 0.6 is 23.5 Å². The SMILES string of the molecule is CCSC1=C(C#N)C(=O)NC(C=Cc2ccccc2)S1. The van der Waals surface area contributed by atoms with Gasteiger partial charge in [-0.3, -0.25) is 4.79 Å². The summed E-state index contributed by atoms with van der Waals surface area (Å²) < 4.78 is 0.807. The van der Waals surface area contributed by atoms with Gasteiger partial charge in [-0.2, -0.15) is 5.26 Å². The Hall–Kier alpha value is -1.64. The molecule has 0 saturated heterocycles. The molecule has 1 aromatic rings. The van der Waals surface area contributed by atoms with Gasteiger partial charge in [0.1, 0.15) is 11.6 Å². The highest BCUT2D eigenvalue weighted by atomic mass is 32.2. The van der Waals surface area contributed by atoms with Crippen LogP contribution in [0.3, 0.4) is 0 Å². The van der Waals surface area contributed by atoms with Gasteiger partial charge in [-0.1, -0.05) is 61.2 Å². The van der Waals surface area contributed by atoms with Gasteiger partial charge in [-0.25, -0.2) is 0 Å². The second-order valence-electron chi connectivity index (χ2n) is 3.99. The molecule has 0 spiro atoms. The molecular weight excluding hydrogens is 288 g/mol. The summed E-state index contributed by atoms with van der Waals surface area (Å²) in [5, 5.41) is 11.7. The molecule has 1 atom stereocenters. The second kappa shape index (κ2) is 7.22. The third-order valence-corrected chi connectivity index (χ3v) is 4.93. The first-order valence-corrected chi connectivity index (χ1v) is 8.09. The Balaban J connectivity index is 2.13. The van der Waals surface area contributed by atoms with Crippen molar-refractivity contribution in [1.29, 1.82) is 5.26 Å². The van der Waals surface area contributed by atoms with E-state index in [-0.39, 0.29) is 16.9 Å². The average molecular weight is 302 g/mol. The van der Waals surface area contributed by atoms with Crippen molar-refractivity contribution in [1.82, 2.24) is 5.32 Å². The van der Waals surface area contributed by atoms with Crippen molar-refractivity contribution < 1.29 is 4.79 Å². The van der Waals surface area contributed by atoms with E-state index < -0.39 is 0 Å². The molecular formula is C15H14N2OS2. The minimum atomic E-state index is -0.287. The van der Waals surface area contributed by atoms with E-state index in [9.17, 15) is 4.79 Å². The zero-order valence-electron chi connectivity index (χ0n) is 11.0. The largest absolute Gasteiger partial charge is 0.336 e. The molecule has 0 aliphatic carbocycles. The van der Waals surface area contributed by atoms with Gasteiger partial charge < -0.3 is 5.32 Å². The Kier molecular flexibility index (Phi) is 5.33. The van der Waals surface area contributed by atoms with Crippen molar-refractivity contribution in [3.05, 3.63) is 51.8 Å². The Morgan fingerprint density at radius 1 is 1.45 bits per heavy atom. The van der Waals surface area contributed by atoms with Gasteiger partial charge in [-0.05, 0) is 11.3 Å². The lowest BCUT2D eigenvalue weighted by Gasteiger charge is -2.22. The maximum absolute atomic E-state index is 11.9. The topological polar surface area (TPSA) is 52.9 Å². The van der Waals surface area contributed by atoms with Crippen LogP contribution in [0.2, 0.25) is 0 Å². The quantitative estimate of drug-likeness (QED) is 0.926. The molecule has 0 saturated carbocycles. The molecule has 20 heavy (non-hydrogen) atoms. The van der Waals surface area contributed by atoms with Crippen molar-refractivity contribution in [2.45, 2.75) is 12.3 Å². The fourth-order valence-electron chi connectivity index (χ4n) is 1.68. The van der Waals surface area contributed by atoms with Crippen LogP contribution in [0.15, 0.2) is 46.2 Å². The first kappa shape index (κ1) is 14.8. The number of amides is 1. The van der Waals surface area contributed by atoms with Gasteiger partial charge in [0.25, 0.3) is 5.91 Å². The summed E-state index contributed by atoms with van der Waals surface area (Å²) in [7, 11) is 0. The number of hydrogen-bond donors (Lipinski definition) is 1. The summed E-state index contributed by atoms with van der Waals surface area (Å²) in [5.74, 6) is 0.556. The van der Waals surface area contributed by atoms with E-state index >= 15 is 0 Å². The van der Waals surface area contributed by atoms with Crippen LogP contribution in [-0.4, -0.2) is 17.0 Å². The molecule has 1 aliphatic rings. The second-order valence-corrected chi connectivity index (χ2v) is 6.67. The van der Waals surface area contributed by atoms with E-state index in [0.29, 0.717) is 0 Å². The number of nitrogens with one attached hydrogen (secondary N) is 1. The zero-order valence-corrected chi connectivity index (χ0v) is 12.6. The Morgan fingerprint density at radius 2 is 2.20 bits per heavy atom. The predicted octanol–water partition coefficient (Wildman–Crippen LogP) is 3.38. The molecule has 2 rings (SSSR count). The first-order valence-electron chi connectivity index (χ1n) is 6.22. The zero-order chi connectivity index (χ0) is 14.4. The third-order valence-electron chi connectivity index (χ3n) is 2.59. The molecule has 5 heteroatoms. The highest BCUT2D eigenvalue weighted by molar-refractivity contribution is 8.22. The smallest absolute Gasteiger partial charge is 0.264 e. The monoisotopic (exact) mass is 302 g/mol. The molecule has 0 bridgehead atoms. The number of hydrogen-bond acceptors (Lipinski definition) is 4. The standard InChI is InChI=1S/C15H14N2OS2/c1-2-19-15-12(10-16)14(18)17-13(20-15)9-8-11-6-4-3-5-7-11/h3-9,13H,2H2,1H3,(H,17,18). The highest BCUT2D eigenvalue weighted by Gasteiger charge is 2.26. The van der Waals surface area contributed by atoms with Gasteiger partial charge in [0.2, 0.25) is 0 Å². The lowest BCUT2D eigenvalue weighted by Crippen LogP contribution is -2.35. The summed E-state index contributed by atoms with van der Waals surface area (Å²) in [4.78, 5) is 11.9. The number of benzene rings is 1. The van der Waals surface area contributed by atoms with Crippen LogP contribution in [0.1, 0.15) is 12.5 Å². The first-order chi connectivity index (χ1) is 9.74. The summed E-state index contributed by atoms with van der Waals surface area (Å²) >= 11 is 3.05. The summed E-state index contributed by atoms with van der Waals surface area (Å²) in [6.45, 7) is 2.01. The molecule has 102 valence electrons. The Labute approximate surface area is 127 Å². The summed E-state index contributed by atoms with van der Waals surface area (Å²) in [5.41, 5.74) is 1.31. The summed E-state index contributed by atoms with van der Waals surface area (Å²) in [6.07, 6.45) is 3.92. The van der Waals surface area contributed by atoms with E-state index in [1.807, 2.05) is 55.5 Å². The van der Waals surface area contributed by atoms with E-state index in [0.717, 1.165) is 15.6 Å². The molecule has 1 aliphatic heterocycles. The van der Waals surface area contributed by atoms with E-state index in [4.69, 9.17) is 5.26 Å². The minimum absolute atomic E-state index is 0.131. The van der Waals surface area contributed by atoms with Crippen LogP contribution < -0.4 is 5.32 Å². The normalized spacial score (nSPS) is 19.0. The number of nitrogens with zero attached hydrogens (tertiary/aromatic N) is 1. The number of thioether (sulfide) groups is 2. The van der Waals surface area contributed by atoms with Gasteiger partial charge in [0, 0.05) is 0 Å². The maximum atomic E-state index is 11.9. The van der Waals surface area contributed by atoms with Crippen LogP contribution in [0.5, 0.6) is 0 Å². The molecule has 1 heterocycles. The van der Waals surface area contributed by atoms with Crippen molar-refractivity contribution >= 4 is 35.5 Å². The molecule has 1 aromatic carbocycles. The number of carbonyl (C=O) groups is 1. The van der Waals surface area contributed by atoms with E-state index in [1.165, 1.54) is 23.5 Å². The van der Waals surface area contributed by atoms with Crippen molar-refractivity contribution in [2.24, 2.45) is 0 Å². The van der Waals surface area contributed by atoms with Crippen LogP contribution in [0.4, 0.5) is 0 Å². The Bertz CT molecular complexity index is 588. The molecule has 0 radical (unpaired) electrons. The number of carbonyl (C=O) groups excluding carboxylic acids is 1. The lowest BCUT2D eigenvalue weighted by atomic mass is 10.2. The van der Waals surface area contributed by atoms with Gasteiger partial charge in [0.15, 0.2) is 0 Å². The van der Waals surface area contributed by atoms with Gasteiger partial charge in [-0.15, -0.1) is 11.8 Å². The lowest BCUT2D eigenvalue weighted by molar-refractivity contribution is -0.117. The fraction of sp³-hybridized carbons (Fsp3) is 0.200. The molecule has 3 nitrogen and oxygen atoms in total. The van der Waals surface area contributed by atoms with Crippen LogP contribution in [-0.2, 0) is 4.79 Å². The Morgan fingerprint density at radius 3 is 2.85 bits per heavy atom. The van der Waals surface area contributed by atoms with Crippen molar-refractivity contribution in [3.63, 3.8) is 0 Å². The van der Waals surface area contributed by atoms with Crippen LogP contribution in [0.25, 0.3) is 6.08 Å². The fourth-order valence-corrected chi connectivity index (χ4v) is 3.97. The molecule has 0 fully saturated rings. The maximum Gasteiger partial charge on any atom is 0.264 e. The van der Waals surface area contributed by atoms with Crippen molar-refractivity contribution in [3.8, 4) is 6.07 Å². The van der Waals surface area contributed by atoms with Crippen molar-refractivity contribution in [2.75, 3.05) is 5.75 Å². The van der Waals surface area contributed by atoms with Crippen LogP contribution in [0, 0.1) is 11.3 Å². The van der Waals surface area contributed by atoms with E-state index in [2.05, 4.69) is 5.32 Å². The predicted molar refractivity (Wildman–Crippen MR) is 85.8 cm³/mol. The van der Waals surface area contributed by atoms with Gasteiger partial charge in [0.05, 0.1) is 9.61 Å². The van der Waals surface area contributed by atoms with E-state index in [1.54, 1.807) is 0 Å². The molecule has 1 N–H and O–H groups in total. The molecule has 1 unspecified atom stereocenters. The van der Waals surface area contributed by atoms with Gasteiger partial charge >= 0.3 is 0 Å². The molecule has 0 aromatic heterocycles. The third kappa shape index (κ3) is 3.69. The minimum Gasteiger partial charge on any atom is -0.336 e. The average Bonchev–Trinajstić information content (AvgIpc) is 2.46. The highest BCUT2D eigenvalue weighted by Crippen LogP contribution is 2.37. The summed E-state index contributed by atoms with van der Waals surface area (Å²) in [6, 6.07) is 11.9. The number of nitriles is 1. The number of rotatable bonds is 4.